The first kappa shape index (κ1) is 14.0. The minimum Gasteiger partial charge on any atom is -0.389 e. The topological polar surface area (TPSA) is 41.5 Å². The SMILES string of the molecule is CC1(C)CC1CNCC(O)COCc1cccs1. The highest BCUT2D eigenvalue weighted by molar-refractivity contribution is 7.09. The van der Waals surface area contributed by atoms with E-state index in [0.29, 0.717) is 25.2 Å². The van der Waals surface area contributed by atoms with Gasteiger partial charge in [-0.15, -0.1) is 11.3 Å². The largest absolute Gasteiger partial charge is 0.389 e. The molecule has 1 aromatic rings. The summed E-state index contributed by atoms with van der Waals surface area (Å²) in [4.78, 5) is 1.20. The van der Waals surface area contributed by atoms with Gasteiger partial charge in [0.05, 0.1) is 19.3 Å². The van der Waals surface area contributed by atoms with Crippen molar-refractivity contribution in [3.05, 3.63) is 22.4 Å². The number of thiophene rings is 1. The molecular weight excluding hydrogens is 246 g/mol. The predicted octanol–water partition coefficient (Wildman–Crippen LogP) is 2.26. The number of aliphatic hydroxyl groups excluding tert-OH is 1. The van der Waals surface area contributed by atoms with Gasteiger partial charge in [0.25, 0.3) is 0 Å². The minimum atomic E-state index is -0.410. The minimum absolute atomic E-state index is 0.402. The van der Waals surface area contributed by atoms with Crippen LogP contribution in [0.25, 0.3) is 0 Å². The van der Waals surface area contributed by atoms with Gasteiger partial charge in [-0.1, -0.05) is 19.9 Å². The van der Waals surface area contributed by atoms with Crippen molar-refractivity contribution in [1.29, 1.82) is 0 Å². The van der Waals surface area contributed by atoms with E-state index in [1.54, 1.807) is 11.3 Å². The summed E-state index contributed by atoms with van der Waals surface area (Å²) >= 11 is 1.68. The maximum atomic E-state index is 9.76. The van der Waals surface area contributed by atoms with Gasteiger partial charge >= 0.3 is 0 Å². The fourth-order valence-electron chi connectivity index (χ4n) is 2.10. The Labute approximate surface area is 113 Å². The third-order valence-corrected chi connectivity index (χ3v) is 4.47. The van der Waals surface area contributed by atoms with E-state index < -0.39 is 6.10 Å². The summed E-state index contributed by atoms with van der Waals surface area (Å²) in [5, 5.41) is 15.1. The Kier molecular flexibility index (Phi) is 4.78. The lowest BCUT2D eigenvalue weighted by Crippen LogP contribution is -2.32. The molecule has 1 fully saturated rings. The van der Waals surface area contributed by atoms with E-state index in [0.717, 1.165) is 12.5 Å². The Morgan fingerprint density at radius 1 is 1.61 bits per heavy atom. The summed E-state index contributed by atoms with van der Waals surface area (Å²) in [5.74, 6) is 0.775. The van der Waals surface area contributed by atoms with Crippen molar-refractivity contribution in [1.82, 2.24) is 5.32 Å². The van der Waals surface area contributed by atoms with Crippen LogP contribution in [0.3, 0.4) is 0 Å². The normalized spacial score (nSPS) is 22.9. The summed E-state index contributed by atoms with van der Waals surface area (Å²) in [5.41, 5.74) is 0.508. The molecule has 0 saturated heterocycles. The van der Waals surface area contributed by atoms with Crippen LogP contribution in [-0.2, 0) is 11.3 Å². The third-order valence-electron chi connectivity index (χ3n) is 3.62. The molecule has 1 aromatic heterocycles. The third kappa shape index (κ3) is 4.35. The first-order valence-corrected chi connectivity index (χ1v) is 7.45. The van der Waals surface area contributed by atoms with Crippen molar-refractivity contribution in [2.75, 3.05) is 19.7 Å². The maximum absolute atomic E-state index is 9.76. The molecule has 0 aromatic carbocycles. The van der Waals surface area contributed by atoms with E-state index in [4.69, 9.17) is 4.74 Å². The molecule has 2 N–H and O–H groups in total. The van der Waals surface area contributed by atoms with E-state index >= 15 is 0 Å². The van der Waals surface area contributed by atoms with Crippen molar-refractivity contribution in [3.63, 3.8) is 0 Å². The second kappa shape index (κ2) is 6.15. The monoisotopic (exact) mass is 269 g/mol. The number of ether oxygens (including phenoxy) is 1. The molecule has 0 aliphatic heterocycles. The fourth-order valence-corrected chi connectivity index (χ4v) is 2.74. The van der Waals surface area contributed by atoms with Gasteiger partial charge in [-0.3, -0.25) is 0 Å². The zero-order valence-corrected chi connectivity index (χ0v) is 12.0. The van der Waals surface area contributed by atoms with E-state index in [1.807, 2.05) is 17.5 Å². The zero-order valence-electron chi connectivity index (χ0n) is 11.2. The van der Waals surface area contributed by atoms with Gasteiger partial charge in [0, 0.05) is 11.4 Å². The highest BCUT2D eigenvalue weighted by Gasteiger charge is 2.44. The number of hydrogen-bond acceptors (Lipinski definition) is 4. The molecule has 102 valence electrons. The van der Waals surface area contributed by atoms with Crippen LogP contribution in [0.1, 0.15) is 25.1 Å². The summed E-state index contributed by atoms with van der Waals surface area (Å²) in [6, 6.07) is 4.06. The van der Waals surface area contributed by atoms with Gasteiger partial charge in [0.1, 0.15) is 0 Å². The molecule has 0 bridgehead atoms. The zero-order chi connectivity index (χ0) is 13.0. The molecule has 2 rings (SSSR count). The second-order valence-electron chi connectivity index (χ2n) is 5.80. The number of aliphatic hydroxyl groups is 1. The number of rotatable bonds is 8. The van der Waals surface area contributed by atoms with Crippen LogP contribution in [0.4, 0.5) is 0 Å². The van der Waals surface area contributed by atoms with Gasteiger partial charge in [-0.05, 0) is 35.7 Å². The van der Waals surface area contributed by atoms with Gasteiger partial charge in [-0.25, -0.2) is 0 Å². The molecule has 1 heterocycles. The summed E-state index contributed by atoms with van der Waals surface area (Å²) in [6.07, 6.45) is 0.886. The lowest BCUT2D eigenvalue weighted by atomic mass is 10.1. The highest BCUT2D eigenvalue weighted by Crippen LogP contribution is 2.50. The van der Waals surface area contributed by atoms with E-state index in [2.05, 4.69) is 19.2 Å². The summed E-state index contributed by atoms with van der Waals surface area (Å²) in [7, 11) is 0. The van der Waals surface area contributed by atoms with Gasteiger partial charge < -0.3 is 15.2 Å². The summed E-state index contributed by atoms with van der Waals surface area (Å²) < 4.78 is 5.47. The lowest BCUT2D eigenvalue weighted by molar-refractivity contribution is 0.0297. The van der Waals surface area contributed by atoms with E-state index in [9.17, 15) is 5.11 Å². The van der Waals surface area contributed by atoms with Crippen molar-refractivity contribution < 1.29 is 9.84 Å². The van der Waals surface area contributed by atoms with E-state index in [-0.39, 0.29) is 0 Å². The van der Waals surface area contributed by atoms with Crippen LogP contribution in [-0.4, -0.2) is 30.9 Å². The van der Waals surface area contributed by atoms with Gasteiger partial charge in [-0.2, -0.15) is 0 Å². The average Bonchev–Trinajstić information content (AvgIpc) is 2.75. The maximum Gasteiger partial charge on any atom is 0.0897 e. The first-order chi connectivity index (χ1) is 8.58. The lowest BCUT2D eigenvalue weighted by Gasteiger charge is -2.12. The van der Waals surface area contributed by atoms with Crippen LogP contribution in [0.15, 0.2) is 17.5 Å². The van der Waals surface area contributed by atoms with Gasteiger partial charge in [0.2, 0.25) is 0 Å². The van der Waals surface area contributed by atoms with Crippen molar-refractivity contribution in [2.24, 2.45) is 11.3 Å². The molecular formula is C14H23NO2S. The standard InChI is InChI=1S/C14H23NO2S/c1-14(2)6-11(14)7-15-8-12(16)9-17-10-13-4-3-5-18-13/h3-5,11-12,15-16H,6-10H2,1-2H3. The Hall–Kier alpha value is -0.420. The molecule has 0 radical (unpaired) electrons. The molecule has 1 aliphatic carbocycles. The number of hydrogen-bond donors (Lipinski definition) is 2. The number of nitrogens with one attached hydrogen (secondary N) is 1. The molecule has 2 atom stereocenters. The van der Waals surface area contributed by atoms with Crippen molar-refractivity contribution >= 4 is 11.3 Å². The first-order valence-electron chi connectivity index (χ1n) is 6.57. The Morgan fingerprint density at radius 3 is 3.00 bits per heavy atom. The van der Waals surface area contributed by atoms with E-state index in [1.165, 1.54) is 11.3 Å². The van der Waals surface area contributed by atoms with Crippen LogP contribution < -0.4 is 5.32 Å². The molecule has 1 aliphatic rings. The fraction of sp³-hybridized carbons (Fsp3) is 0.714. The molecule has 1 saturated carbocycles. The van der Waals surface area contributed by atoms with Crippen LogP contribution in [0, 0.1) is 11.3 Å². The Bertz CT molecular complexity index is 351. The molecule has 4 heteroatoms. The van der Waals surface area contributed by atoms with Gasteiger partial charge in [0.15, 0.2) is 0 Å². The van der Waals surface area contributed by atoms with Crippen molar-refractivity contribution in [2.45, 2.75) is 33.0 Å². The molecule has 3 nitrogen and oxygen atoms in total. The Morgan fingerprint density at radius 2 is 2.39 bits per heavy atom. The van der Waals surface area contributed by atoms with Crippen LogP contribution >= 0.6 is 11.3 Å². The van der Waals surface area contributed by atoms with Crippen LogP contribution in [0.2, 0.25) is 0 Å². The highest BCUT2D eigenvalue weighted by atomic mass is 32.1. The molecule has 18 heavy (non-hydrogen) atoms. The average molecular weight is 269 g/mol. The quantitative estimate of drug-likeness (QED) is 0.760. The van der Waals surface area contributed by atoms with Crippen molar-refractivity contribution in [3.8, 4) is 0 Å². The Balaban J connectivity index is 1.49. The summed E-state index contributed by atoms with van der Waals surface area (Å²) in [6.45, 7) is 7.22. The molecule has 0 amide bonds. The second-order valence-corrected chi connectivity index (χ2v) is 6.83. The molecule has 2 unspecified atom stereocenters. The van der Waals surface area contributed by atoms with Crippen LogP contribution in [0.5, 0.6) is 0 Å². The molecule has 0 spiro atoms. The smallest absolute Gasteiger partial charge is 0.0897 e. The predicted molar refractivity (Wildman–Crippen MR) is 74.7 cm³/mol.